The maximum absolute atomic E-state index is 10.7. The van der Waals surface area contributed by atoms with E-state index in [1.54, 1.807) is 0 Å². The van der Waals surface area contributed by atoms with Gasteiger partial charge in [0.05, 0.1) is 35.6 Å². The van der Waals surface area contributed by atoms with Crippen molar-refractivity contribution in [2.75, 3.05) is 27.0 Å². The van der Waals surface area contributed by atoms with E-state index in [0.717, 1.165) is 21.9 Å². The molecule has 3 heterocycles. The molecule has 0 bridgehead atoms. The van der Waals surface area contributed by atoms with Crippen LogP contribution in [0.2, 0.25) is 0 Å². The van der Waals surface area contributed by atoms with Crippen molar-refractivity contribution in [3.05, 3.63) is 67.0 Å². The van der Waals surface area contributed by atoms with Crippen LogP contribution in [0.1, 0.15) is 6.42 Å². The molecule has 165 valence electrons. The molecule has 1 unspecified atom stereocenters. The molecular weight excluding hydrogens is 537 g/mol. The fraction of sp³-hybridized carbons (Fsp3) is 0.273. The molecule has 2 aliphatic rings. The van der Waals surface area contributed by atoms with Crippen LogP contribution in [0.25, 0.3) is 0 Å². The smallest absolute Gasteiger partial charge is 0.283 e. The zero-order valence-electron chi connectivity index (χ0n) is 17.2. The second-order valence-electron chi connectivity index (χ2n) is 7.71. The Balaban J connectivity index is 1.30. The second kappa shape index (κ2) is 9.31. The van der Waals surface area contributed by atoms with Gasteiger partial charge in [0.2, 0.25) is 0 Å². The monoisotopic (exact) mass is 560 g/mol. The predicted octanol–water partition coefficient (Wildman–Crippen LogP) is 1.29. The van der Waals surface area contributed by atoms with Crippen molar-refractivity contribution < 1.29 is 14.3 Å². The molecule has 2 aromatic carbocycles. The summed E-state index contributed by atoms with van der Waals surface area (Å²) in [6, 6.07) is 20.5. The summed E-state index contributed by atoms with van der Waals surface area (Å²) in [6.45, 7) is 0.878. The molecule has 0 spiro atoms. The highest BCUT2D eigenvalue weighted by Gasteiger charge is 2.42. The molecule has 1 radical (unpaired) electrons. The summed E-state index contributed by atoms with van der Waals surface area (Å²) in [7, 11) is -1.46. The molecule has 1 fully saturated rings. The zero-order chi connectivity index (χ0) is 22.1. The van der Waals surface area contributed by atoms with Crippen LogP contribution in [0, 0.1) is 0 Å². The number of anilines is 3. The summed E-state index contributed by atoms with van der Waals surface area (Å²) >= 11 is 2.19. The van der Waals surface area contributed by atoms with Crippen LogP contribution in [-0.2, 0) is 9.16 Å². The minimum atomic E-state index is -1.46. The number of aliphatic hydroxyl groups excluding tert-OH is 1. The Morgan fingerprint density at radius 2 is 1.75 bits per heavy atom. The minimum absolute atomic E-state index is 0.310. The van der Waals surface area contributed by atoms with Crippen molar-refractivity contribution in [1.29, 1.82) is 0 Å². The van der Waals surface area contributed by atoms with E-state index >= 15 is 0 Å². The van der Waals surface area contributed by atoms with Crippen molar-refractivity contribution in [3.63, 3.8) is 0 Å². The van der Waals surface area contributed by atoms with Crippen LogP contribution in [-0.4, -0.2) is 55.8 Å². The second-order valence-corrected chi connectivity index (χ2v) is 11.0. The normalized spacial score (nSPS) is 22.5. The molecule has 10 heteroatoms. The highest BCUT2D eigenvalue weighted by molar-refractivity contribution is 14.1. The lowest BCUT2D eigenvalue weighted by atomic mass is 10.2. The minimum Gasteiger partial charge on any atom is -0.405 e. The zero-order valence-corrected chi connectivity index (χ0v) is 20.4. The summed E-state index contributed by atoms with van der Waals surface area (Å²) < 4.78 is 14.7. The lowest BCUT2D eigenvalue weighted by molar-refractivity contribution is -0.0159. The largest absolute Gasteiger partial charge is 0.405 e. The van der Waals surface area contributed by atoms with E-state index in [2.05, 4.69) is 57.1 Å². The van der Waals surface area contributed by atoms with Crippen LogP contribution >= 0.6 is 22.9 Å². The summed E-state index contributed by atoms with van der Waals surface area (Å²) in [5, 5.41) is 13.1. The standard InChI is InChI=1S/C22H23IN5O3Si/c23-28-14-27(22-20(28)21(24)25-13-26-22)19-11-17(29)18(31-19)12-30-32(15-7-3-1-4-8-15)16-9-5-2-6-10-16/h1-10,13,17-19,29H,11-12,14H2,(H2,24,25,26)/t17?,18-,19-/m1/s1. The maximum Gasteiger partial charge on any atom is 0.283 e. The molecule has 0 saturated carbocycles. The van der Waals surface area contributed by atoms with E-state index in [1.807, 2.05) is 44.4 Å². The van der Waals surface area contributed by atoms with Gasteiger partial charge in [0.15, 0.2) is 11.6 Å². The van der Waals surface area contributed by atoms with Crippen molar-refractivity contribution in [3.8, 4) is 0 Å². The van der Waals surface area contributed by atoms with Gasteiger partial charge in [-0.15, -0.1) is 0 Å². The number of halogens is 1. The average molecular weight is 560 g/mol. The SMILES string of the molecule is Nc1ncnc2c1N(I)CN2[C@H]1CC(O)[C@@H](CO[Si](c2ccccc2)c2ccccc2)O1. The van der Waals surface area contributed by atoms with Gasteiger partial charge in [-0.05, 0) is 10.4 Å². The third kappa shape index (κ3) is 4.20. The lowest BCUT2D eigenvalue weighted by Gasteiger charge is -2.25. The molecule has 0 aliphatic carbocycles. The molecule has 1 saturated heterocycles. The van der Waals surface area contributed by atoms with Gasteiger partial charge in [-0.2, -0.15) is 0 Å². The quantitative estimate of drug-likeness (QED) is 0.265. The van der Waals surface area contributed by atoms with Gasteiger partial charge >= 0.3 is 0 Å². The molecule has 3 N–H and O–H groups in total. The molecule has 3 atom stereocenters. The Morgan fingerprint density at radius 3 is 2.41 bits per heavy atom. The number of nitrogen functional groups attached to an aromatic ring is 1. The number of hydrogen-bond acceptors (Lipinski definition) is 8. The number of aliphatic hydroxyl groups is 1. The number of nitrogens with two attached hydrogens (primary N) is 1. The molecular formula is C22H23IN5O3Si. The Bertz CT molecular complexity index is 1020. The lowest BCUT2D eigenvalue weighted by Crippen LogP contribution is -2.47. The number of benzene rings is 2. The number of hydrogen-bond donors (Lipinski definition) is 2. The summed E-state index contributed by atoms with van der Waals surface area (Å²) in [4.78, 5) is 10.5. The topological polar surface area (TPSA) is 97.0 Å². The Kier molecular flexibility index (Phi) is 6.28. The van der Waals surface area contributed by atoms with Crippen molar-refractivity contribution in [2.24, 2.45) is 0 Å². The van der Waals surface area contributed by atoms with Crippen LogP contribution < -0.4 is 24.1 Å². The number of nitrogens with zero attached hydrogens (tertiary/aromatic N) is 4. The van der Waals surface area contributed by atoms with Gasteiger partial charge in [0.1, 0.15) is 31.0 Å². The van der Waals surface area contributed by atoms with Crippen molar-refractivity contribution in [1.82, 2.24) is 9.97 Å². The Hall–Kier alpha value is -2.25. The summed E-state index contributed by atoms with van der Waals surface area (Å²) in [6.07, 6.45) is 0.576. The van der Waals surface area contributed by atoms with Gasteiger partial charge in [0.25, 0.3) is 9.04 Å². The highest BCUT2D eigenvalue weighted by atomic mass is 127. The Labute approximate surface area is 202 Å². The molecule has 32 heavy (non-hydrogen) atoms. The van der Waals surface area contributed by atoms with E-state index in [-0.39, 0.29) is 6.23 Å². The fourth-order valence-electron chi connectivity index (χ4n) is 4.06. The van der Waals surface area contributed by atoms with Crippen LogP contribution in [0.3, 0.4) is 0 Å². The first-order valence-corrected chi connectivity index (χ1v) is 12.7. The first-order valence-electron chi connectivity index (χ1n) is 10.4. The first kappa shape index (κ1) is 21.6. The molecule has 8 nitrogen and oxygen atoms in total. The Morgan fingerprint density at radius 1 is 1.09 bits per heavy atom. The third-order valence-electron chi connectivity index (χ3n) is 5.64. The van der Waals surface area contributed by atoms with Crippen LogP contribution in [0.4, 0.5) is 17.3 Å². The predicted molar refractivity (Wildman–Crippen MR) is 133 cm³/mol. The number of rotatable bonds is 6. The number of ether oxygens (including phenoxy) is 1. The molecule has 0 amide bonds. The van der Waals surface area contributed by atoms with Crippen LogP contribution in [0.5, 0.6) is 0 Å². The van der Waals surface area contributed by atoms with Gasteiger partial charge in [-0.3, -0.25) is 3.11 Å². The number of fused-ring (bicyclic) bond motifs is 1. The van der Waals surface area contributed by atoms with Crippen LogP contribution in [0.15, 0.2) is 67.0 Å². The third-order valence-corrected chi connectivity index (χ3v) is 8.60. The van der Waals surface area contributed by atoms with Crippen molar-refractivity contribution >= 4 is 59.6 Å². The average Bonchev–Trinajstić information content (AvgIpc) is 3.36. The van der Waals surface area contributed by atoms with E-state index in [4.69, 9.17) is 14.9 Å². The summed E-state index contributed by atoms with van der Waals surface area (Å²) in [5.74, 6) is 1.16. The van der Waals surface area contributed by atoms with E-state index in [9.17, 15) is 5.11 Å². The van der Waals surface area contributed by atoms with Gasteiger partial charge in [0, 0.05) is 6.42 Å². The molecule has 2 aliphatic heterocycles. The van der Waals surface area contributed by atoms with E-state index < -0.39 is 21.2 Å². The van der Waals surface area contributed by atoms with Gasteiger partial charge < -0.3 is 24.9 Å². The molecule has 3 aromatic rings. The van der Waals surface area contributed by atoms with E-state index in [1.165, 1.54) is 6.33 Å². The van der Waals surface area contributed by atoms with Crippen molar-refractivity contribution in [2.45, 2.75) is 24.9 Å². The maximum atomic E-state index is 10.7. The van der Waals surface area contributed by atoms with Gasteiger partial charge in [-0.1, -0.05) is 60.7 Å². The number of aromatic nitrogens is 2. The fourth-order valence-corrected chi connectivity index (χ4v) is 6.84. The first-order chi connectivity index (χ1) is 15.6. The molecule has 1 aromatic heterocycles. The summed E-state index contributed by atoms with van der Waals surface area (Å²) in [5.41, 5.74) is 6.82. The highest BCUT2D eigenvalue weighted by Crippen LogP contribution is 2.42. The van der Waals surface area contributed by atoms with E-state index in [0.29, 0.717) is 25.5 Å². The van der Waals surface area contributed by atoms with Gasteiger partial charge in [-0.25, -0.2) is 9.97 Å². The molecule has 5 rings (SSSR count).